The molecule has 0 saturated carbocycles. The third-order valence-electron chi connectivity index (χ3n) is 3.74. The van der Waals surface area contributed by atoms with Gasteiger partial charge in [0.2, 0.25) is 0 Å². The summed E-state index contributed by atoms with van der Waals surface area (Å²) in [5.74, 6) is 0.658. The predicted octanol–water partition coefficient (Wildman–Crippen LogP) is 3.02. The fourth-order valence-corrected chi connectivity index (χ4v) is 2.82. The Morgan fingerprint density at radius 2 is 1.89 bits per heavy atom. The molecule has 2 nitrogen and oxygen atoms in total. The Balaban J connectivity index is 2.12. The quantitative estimate of drug-likeness (QED) is 0.801. The summed E-state index contributed by atoms with van der Waals surface area (Å²) >= 11 is 0. The minimum absolute atomic E-state index is 0.307. The van der Waals surface area contributed by atoms with Crippen molar-refractivity contribution < 1.29 is 5.11 Å². The zero-order chi connectivity index (χ0) is 12.5. The van der Waals surface area contributed by atoms with Gasteiger partial charge in [-0.1, -0.05) is 36.4 Å². The SMILES string of the molecule is CC1NCc2ccc(O)cc2C1c1ccccc1. The van der Waals surface area contributed by atoms with E-state index in [2.05, 4.69) is 36.5 Å². The van der Waals surface area contributed by atoms with Crippen LogP contribution in [-0.2, 0) is 6.54 Å². The summed E-state index contributed by atoms with van der Waals surface area (Å²) < 4.78 is 0. The molecule has 0 bridgehead atoms. The molecule has 0 aliphatic carbocycles. The van der Waals surface area contributed by atoms with Crippen molar-refractivity contribution in [1.29, 1.82) is 0 Å². The number of benzene rings is 2. The summed E-state index contributed by atoms with van der Waals surface area (Å²) in [5, 5.41) is 13.2. The van der Waals surface area contributed by atoms with Crippen molar-refractivity contribution in [1.82, 2.24) is 5.32 Å². The van der Waals surface area contributed by atoms with Crippen molar-refractivity contribution in [3.8, 4) is 5.75 Å². The lowest BCUT2D eigenvalue weighted by Gasteiger charge is -2.33. The second-order valence-corrected chi connectivity index (χ2v) is 4.94. The predicted molar refractivity (Wildman–Crippen MR) is 72.7 cm³/mol. The van der Waals surface area contributed by atoms with Gasteiger partial charge in [0, 0.05) is 18.5 Å². The number of hydrogen-bond acceptors (Lipinski definition) is 2. The molecule has 18 heavy (non-hydrogen) atoms. The van der Waals surface area contributed by atoms with Crippen LogP contribution in [0.2, 0.25) is 0 Å². The smallest absolute Gasteiger partial charge is 0.115 e. The summed E-state index contributed by atoms with van der Waals surface area (Å²) in [5.41, 5.74) is 3.82. The first-order valence-electron chi connectivity index (χ1n) is 6.36. The molecule has 2 heteroatoms. The van der Waals surface area contributed by atoms with Crippen molar-refractivity contribution in [2.45, 2.75) is 25.4 Å². The molecule has 2 unspecified atom stereocenters. The van der Waals surface area contributed by atoms with Gasteiger partial charge in [-0.3, -0.25) is 0 Å². The maximum Gasteiger partial charge on any atom is 0.115 e. The highest BCUT2D eigenvalue weighted by Crippen LogP contribution is 2.35. The highest BCUT2D eigenvalue weighted by Gasteiger charge is 2.27. The largest absolute Gasteiger partial charge is 0.508 e. The number of aromatic hydroxyl groups is 1. The van der Waals surface area contributed by atoms with Crippen LogP contribution in [0, 0.1) is 0 Å². The second-order valence-electron chi connectivity index (χ2n) is 4.94. The molecule has 0 amide bonds. The van der Waals surface area contributed by atoms with Crippen LogP contribution in [0.3, 0.4) is 0 Å². The first-order chi connectivity index (χ1) is 8.75. The molecule has 2 N–H and O–H groups in total. The van der Waals surface area contributed by atoms with Crippen molar-refractivity contribution >= 4 is 0 Å². The molecule has 2 aromatic carbocycles. The lowest BCUT2D eigenvalue weighted by molar-refractivity contribution is 0.452. The number of fused-ring (bicyclic) bond motifs is 1. The number of hydrogen-bond donors (Lipinski definition) is 2. The van der Waals surface area contributed by atoms with Crippen LogP contribution in [0.15, 0.2) is 48.5 Å². The molecular weight excluding hydrogens is 222 g/mol. The average molecular weight is 239 g/mol. The van der Waals surface area contributed by atoms with Crippen LogP contribution in [0.5, 0.6) is 5.75 Å². The maximum absolute atomic E-state index is 9.72. The van der Waals surface area contributed by atoms with E-state index in [9.17, 15) is 5.11 Å². The molecule has 0 aromatic heterocycles. The number of phenols is 1. The van der Waals surface area contributed by atoms with Gasteiger partial charge in [0.1, 0.15) is 5.75 Å². The fraction of sp³-hybridized carbons (Fsp3) is 0.250. The number of phenolic OH excluding ortho intramolecular Hbond substituents is 1. The first kappa shape index (κ1) is 11.3. The van der Waals surface area contributed by atoms with Gasteiger partial charge in [0.05, 0.1) is 0 Å². The van der Waals surface area contributed by atoms with Crippen molar-refractivity contribution in [2.24, 2.45) is 0 Å². The minimum atomic E-state index is 0.307. The Morgan fingerprint density at radius 3 is 2.67 bits per heavy atom. The van der Waals surface area contributed by atoms with Crippen LogP contribution >= 0.6 is 0 Å². The Labute approximate surface area is 107 Å². The summed E-state index contributed by atoms with van der Waals surface area (Å²) in [6, 6.07) is 16.5. The number of nitrogens with one attached hydrogen (secondary N) is 1. The lowest BCUT2D eigenvalue weighted by Crippen LogP contribution is -2.37. The van der Waals surface area contributed by atoms with Crippen LogP contribution in [0.25, 0.3) is 0 Å². The summed E-state index contributed by atoms with van der Waals surface area (Å²) in [6.07, 6.45) is 0. The summed E-state index contributed by atoms with van der Waals surface area (Å²) in [6.45, 7) is 3.07. The molecule has 3 rings (SSSR count). The van der Waals surface area contributed by atoms with E-state index >= 15 is 0 Å². The van der Waals surface area contributed by atoms with Crippen LogP contribution in [0.4, 0.5) is 0 Å². The third kappa shape index (κ3) is 1.89. The molecular formula is C16H17NO. The van der Waals surface area contributed by atoms with E-state index in [0.29, 0.717) is 17.7 Å². The van der Waals surface area contributed by atoms with Crippen LogP contribution in [-0.4, -0.2) is 11.1 Å². The monoisotopic (exact) mass is 239 g/mol. The van der Waals surface area contributed by atoms with E-state index < -0.39 is 0 Å². The molecule has 92 valence electrons. The fourth-order valence-electron chi connectivity index (χ4n) is 2.82. The van der Waals surface area contributed by atoms with Gasteiger partial charge < -0.3 is 10.4 Å². The van der Waals surface area contributed by atoms with Gasteiger partial charge in [-0.25, -0.2) is 0 Å². The van der Waals surface area contributed by atoms with E-state index in [0.717, 1.165) is 6.54 Å². The Bertz CT molecular complexity index is 550. The van der Waals surface area contributed by atoms with Crippen LogP contribution in [0.1, 0.15) is 29.5 Å². The topological polar surface area (TPSA) is 32.3 Å². The maximum atomic E-state index is 9.72. The third-order valence-corrected chi connectivity index (χ3v) is 3.74. The normalized spacial score (nSPS) is 22.5. The molecule has 0 spiro atoms. The van der Waals surface area contributed by atoms with Gasteiger partial charge in [0.25, 0.3) is 0 Å². The van der Waals surface area contributed by atoms with E-state index in [1.807, 2.05) is 18.2 Å². The molecule has 2 aromatic rings. The molecule has 1 aliphatic rings. The molecule has 0 fully saturated rings. The second kappa shape index (κ2) is 4.46. The summed E-state index contributed by atoms with van der Waals surface area (Å²) in [4.78, 5) is 0. The lowest BCUT2D eigenvalue weighted by atomic mass is 9.80. The minimum Gasteiger partial charge on any atom is -0.508 e. The van der Waals surface area contributed by atoms with E-state index in [-0.39, 0.29) is 0 Å². The van der Waals surface area contributed by atoms with Crippen molar-refractivity contribution in [2.75, 3.05) is 0 Å². The van der Waals surface area contributed by atoms with Crippen molar-refractivity contribution in [3.05, 3.63) is 65.2 Å². The van der Waals surface area contributed by atoms with Crippen LogP contribution < -0.4 is 5.32 Å². The highest BCUT2D eigenvalue weighted by molar-refractivity contribution is 5.44. The van der Waals surface area contributed by atoms with E-state index in [1.54, 1.807) is 6.07 Å². The first-order valence-corrected chi connectivity index (χ1v) is 6.36. The Kier molecular flexibility index (Phi) is 2.80. The molecule has 0 radical (unpaired) electrons. The van der Waals surface area contributed by atoms with Gasteiger partial charge in [0.15, 0.2) is 0 Å². The van der Waals surface area contributed by atoms with Crippen molar-refractivity contribution in [3.63, 3.8) is 0 Å². The van der Waals surface area contributed by atoms with Gasteiger partial charge >= 0.3 is 0 Å². The number of rotatable bonds is 1. The summed E-state index contributed by atoms with van der Waals surface area (Å²) in [7, 11) is 0. The molecule has 1 heterocycles. The van der Waals surface area contributed by atoms with E-state index in [1.165, 1.54) is 16.7 Å². The average Bonchev–Trinajstić information content (AvgIpc) is 2.39. The van der Waals surface area contributed by atoms with Gasteiger partial charge in [-0.15, -0.1) is 0 Å². The molecule has 0 saturated heterocycles. The van der Waals surface area contributed by atoms with E-state index in [4.69, 9.17) is 0 Å². The zero-order valence-corrected chi connectivity index (χ0v) is 10.4. The highest BCUT2D eigenvalue weighted by atomic mass is 16.3. The molecule has 1 aliphatic heterocycles. The zero-order valence-electron chi connectivity index (χ0n) is 10.4. The van der Waals surface area contributed by atoms with Gasteiger partial charge in [-0.05, 0) is 35.7 Å². The van der Waals surface area contributed by atoms with Gasteiger partial charge in [-0.2, -0.15) is 0 Å². The molecule has 2 atom stereocenters. The Morgan fingerprint density at radius 1 is 1.11 bits per heavy atom. The standard InChI is InChI=1S/C16H17NO/c1-11-16(12-5-3-2-4-6-12)15-9-14(18)8-7-13(15)10-17-11/h2-9,11,16-18H,10H2,1H3. The Hall–Kier alpha value is -1.80.